The van der Waals surface area contributed by atoms with Gasteiger partial charge in [-0.15, -0.1) is 11.3 Å². The van der Waals surface area contributed by atoms with Crippen LogP contribution in [0.3, 0.4) is 0 Å². The highest BCUT2D eigenvalue weighted by Crippen LogP contribution is 2.33. The van der Waals surface area contributed by atoms with Crippen molar-refractivity contribution in [3.05, 3.63) is 40.3 Å². The molecule has 0 amide bonds. The van der Waals surface area contributed by atoms with Gasteiger partial charge >= 0.3 is 0 Å². The van der Waals surface area contributed by atoms with Crippen LogP contribution in [0.2, 0.25) is 0 Å². The second-order valence-electron chi connectivity index (χ2n) is 5.32. The Labute approximate surface area is 125 Å². The van der Waals surface area contributed by atoms with Crippen LogP contribution in [-0.2, 0) is 7.05 Å². The summed E-state index contributed by atoms with van der Waals surface area (Å²) < 4.78 is 1.84. The highest BCUT2D eigenvalue weighted by atomic mass is 32.1. The minimum absolute atomic E-state index is 0.103. The van der Waals surface area contributed by atoms with Crippen molar-refractivity contribution in [3.63, 3.8) is 0 Å². The molecule has 2 aromatic rings. The third kappa shape index (κ3) is 3.11. The van der Waals surface area contributed by atoms with Gasteiger partial charge < -0.3 is 5.73 Å². The highest BCUT2D eigenvalue weighted by molar-refractivity contribution is 7.10. The standard InChI is InChI=1S/C15H24N4S/c1-5-13(16)15(12-9-17-18(3)10-12)19(4)11(2)14-7-6-8-20-14/h6-11,13,15H,5,16H2,1-4H3. The second-order valence-corrected chi connectivity index (χ2v) is 6.30. The van der Waals surface area contributed by atoms with Crippen LogP contribution < -0.4 is 5.73 Å². The molecule has 2 rings (SSSR count). The molecule has 0 saturated heterocycles. The Hall–Kier alpha value is -1.17. The van der Waals surface area contributed by atoms with Crippen LogP contribution in [0.25, 0.3) is 0 Å². The molecule has 2 heterocycles. The van der Waals surface area contributed by atoms with E-state index in [1.54, 1.807) is 11.3 Å². The summed E-state index contributed by atoms with van der Waals surface area (Å²) in [6.07, 6.45) is 4.94. The molecule has 0 aliphatic carbocycles. The van der Waals surface area contributed by atoms with E-state index >= 15 is 0 Å². The van der Waals surface area contributed by atoms with E-state index in [4.69, 9.17) is 5.73 Å². The van der Waals surface area contributed by atoms with Gasteiger partial charge in [0.1, 0.15) is 0 Å². The van der Waals surface area contributed by atoms with E-state index in [-0.39, 0.29) is 12.1 Å². The van der Waals surface area contributed by atoms with Crippen LogP contribution in [-0.4, -0.2) is 27.8 Å². The maximum atomic E-state index is 6.38. The molecule has 20 heavy (non-hydrogen) atoms. The third-order valence-corrected chi connectivity index (χ3v) is 4.99. The summed E-state index contributed by atoms with van der Waals surface area (Å²) in [6, 6.07) is 4.92. The third-order valence-electron chi connectivity index (χ3n) is 3.95. The topological polar surface area (TPSA) is 47.1 Å². The molecule has 0 aliphatic rings. The minimum Gasteiger partial charge on any atom is -0.326 e. The molecule has 4 nitrogen and oxygen atoms in total. The molecule has 2 aromatic heterocycles. The van der Waals surface area contributed by atoms with Gasteiger partial charge in [0.15, 0.2) is 0 Å². The fourth-order valence-corrected chi connectivity index (χ4v) is 3.41. The zero-order valence-electron chi connectivity index (χ0n) is 12.7. The monoisotopic (exact) mass is 292 g/mol. The number of aryl methyl sites for hydroxylation is 1. The zero-order chi connectivity index (χ0) is 14.7. The molecule has 0 bridgehead atoms. The van der Waals surface area contributed by atoms with Crippen molar-refractivity contribution in [1.82, 2.24) is 14.7 Å². The molecule has 0 radical (unpaired) electrons. The number of likely N-dealkylation sites (N-methyl/N-ethyl adjacent to an activating group) is 1. The summed E-state index contributed by atoms with van der Waals surface area (Å²) in [4.78, 5) is 3.72. The molecule has 0 aromatic carbocycles. The van der Waals surface area contributed by atoms with E-state index in [1.165, 1.54) is 10.4 Å². The van der Waals surface area contributed by atoms with Gasteiger partial charge in [-0.25, -0.2) is 0 Å². The normalized spacial score (nSPS) is 16.3. The smallest absolute Gasteiger partial charge is 0.0538 e. The van der Waals surface area contributed by atoms with Gasteiger partial charge in [-0.1, -0.05) is 13.0 Å². The molecule has 0 fully saturated rings. The van der Waals surface area contributed by atoms with E-state index in [1.807, 2.05) is 17.9 Å². The fourth-order valence-electron chi connectivity index (χ4n) is 2.57. The predicted octanol–water partition coefficient (Wildman–Crippen LogP) is 2.95. The Balaban J connectivity index is 2.26. The number of hydrogen-bond acceptors (Lipinski definition) is 4. The lowest BCUT2D eigenvalue weighted by Gasteiger charge is -2.35. The first kappa shape index (κ1) is 15.2. The first-order chi connectivity index (χ1) is 9.54. The van der Waals surface area contributed by atoms with Gasteiger partial charge in [0.05, 0.1) is 12.2 Å². The first-order valence-electron chi connectivity index (χ1n) is 7.04. The van der Waals surface area contributed by atoms with Crippen LogP contribution >= 0.6 is 11.3 Å². The van der Waals surface area contributed by atoms with Gasteiger partial charge in [-0.3, -0.25) is 9.58 Å². The average molecular weight is 292 g/mol. The largest absolute Gasteiger partial charge is 0.326 e. The van der Waals surface area contributed by atoms with Crippen LogP contribution in [0.5, 0.6) is 0 Å². The van der Waals surface area contributed by atoms with Crippen molar-refractivity contribution >= 4 is 11.3 Å². The summed E-state index contributed by atoms with van der Waals surface area (Å²) in [6.45, 7) is 4.37. The van der Waals surface area contributed by atoms with Crippen LogP contribution in [0.1, 0.15) is 42.8 Å². The van der Waals surface area contributed by atoms with Gasteiger partial charge in [0, 0.05) is 35.8 Å². The van der Waals surface area contributed by atoms with E-state index in [2.05, 4.69) is 54.6 Å². The van der Waals surface area contributed by atoms with E-state index < -0.39 is 0 Å². The highest BCUT2D eigenvalue weighted by Gasteiger charge is 2.28. The van der Waals surface area contributed by atoms with Crippen LogP contribution in [0.4, 0.5) is 0 Å². The predicted molar refractivity (Wildman–Crippen MR) is 84.7 cm³/mol. The molecule has 0 spiro atoms. The lowest BCUT2D eigenvalue weighted by atomic mass is 9.98. The molecule has 3 atom stereocenters. The van der Waals surface area contributed by atoms with E-state index in [9.17, 15) is 0 Å². The SMILES string of the molecule is CCC(N)C(c1cnn(C)c1)N(C)C(C)c1cccs1. The Morgan fingerprint density at radius 1 is 1.50 bits per heavy atom. The molecular weight excluding hydrogens is 268 g/mol. The van der Waals surface area contributed by atoms with Crippen molar-refractivity contribution in [2.75, 3.05) is 7.05 Å². The lowest BCUT2D eigenvalue weighted by Crippen LogP contribution is -2.39. The van der Waals surface area contributed by atoms with Crippen molar-refractivity contribution in [1.29, 1.82) is 0 Å². The summed E-state index contributed by atoms with van der Waals surface area (Å²) in [5.41, 5.74) is 7.56. The molecule has 5 heteroatoms. The van der Waals surface area contributed by atoms with Crippen molar-refractivity contribution < 1.29 is 0 Å². The Morgan fingerprint density at radius 3 is 2.75 bits per heavy atom. The van der Waals surface area contributed by atoms with Gasteiger partial charge in [-0.2, -0.15) is 5.10 Å². The first-order valence-corrected chi connectivity index (χ1v) is 7.92. The summed E-state index contributed by atoms with van der Waals surface area (Å²) in [7, 11) is 4.10. The quantitative estimate of drug-likeness (QED) is 0.890. The maximum absolute atomic E-state index is 6.38. The molecule has 2 N–H and O–H groups in total. The molecule has 0 aliphatic heterocycles. The second kappa shape index (κ2) is 6.52. The average Bonchev–Trinajstić information content (AvgIpc) is 3.09. The number of rotatable bonds is 6. The number of thiophene rings is 1. The summed E-state index contributed by atoms with van der Waals surface area (Å²) in [5, 5.41) is 6.42. The molecule has 3 unspecified atom stereocenters. The zero-order valence-corrected chi connectivity index (χ0v) is 13.5. The summed E-state index contributed by atoms with van der Waals surface area (Å²) >= 11 is 1.79. The fraction of sp³-hybridized carbons (Fsp3) is 0.533. The van der Waals surface area contributed by atoms with Crippen LogP contribution in [0, 0.1) is 0 Å². The van der Waals surface area contributed by atoms with E-state index in [0.717, 1.165) is 6.42 Å². The number of aromatic nitrogens is 2. The van der Waals surface area contributed by atoms with E-state index in [0.29, 0.717) is 6.04 Å². The van der Waals surface area contributed by atoms with Crippen molar-refractivity contribution in [2.45, 2.75) is 38.4 Å². The van der Waals surface area contributed by atoms with Gasteiger partial charge in [0.2, 0.25) is 0 Å². The lowest BCUT2D eigenvalue weighted by molar-refractivity contribution is 0.161. The minimum atomic E-state index is 0.103. The Kier molecular flexibility index (Phi) is 4.96. The molecule has 110 valence electrons. The van der Waals surface area contributed by atoms with Gasteiger partial charge in [-0.05, 0) is 31.8 Å². The Morgan fingerprint density at radius 2 is 2.25 bits per heavy atom. The van der Waals surface area contributed by atoms with Crippen molar-refractivity contribution in [3.8, 4) is 0 Å². The van der Waals surface area contributed by atoms with Crippen molar-refractivity contribution in [2.24, 2.45) is 12.8 Å². The number of nitrogens with zero attached hydrogens (tertiary/aromatic N) is 3. The number of hydrogen-bond donors (Lipinski definition) is 1. The summed E-state index contributed by atoms with van der Waals surface area (Å²) in [5.74, 6) is 0. The Bertz CT molecular complexity index is 520. The number of nitrogens with two attached hydrogens (primary N) is 1. The van der Waals surface area contributed by atoms with Crippen LogP contribution in [0.15, 0.2) is 29.9 Å². The molecule has 0 saturated carbocycles. The molecular formula is C15H24N4S. The maximum Gasteiger partial charge on any atom is 0.0538 e. The van der Waals surface area contributed by atoms with Gasteiger partial charge in [0.25, 0.3) is 0 Å².